The molecule has 150 valence electrons. The summed E-state index contributed by atoms with van der Waals surface area (Å²) in [5.41, 5.74) is 2.95. The molecule has 6 nitrogen and oxygen atoms in total. The van der Waals surface area contributed by atoms with Crippen molar-refractivity contribution < 1.29 is 9.47 Å². The predicted molar refractivity (Wildman–Crippen MR) is 113 cm³/mol. The number of fused-ring (bicyclic) bond motifs is 1. The molecule has 0 amide bonds. The summed E-state index contributed by atoms with van der Waals surface area (Å²) < 4.78 is 13.7. The van der Waals surface area contributed by atoms with Gasteiger partial charge in [0.05, 0.1) is 18.9 Å². The van der Waals surface area contributed by atoms with Crippen molar-refractivity contribution in [2.45, 2.75) is 47.0 Å². The smallest absolute Gasteiger partial charge is 0.228 e. The minimum Gasteiger partial charge on any atom is -0.493 e. The van der Waals surface area contributed by atoms with Crippen LogP contribution in [0, 0.1) is 6.92 Å². The van der Waals surface area contributed by atoms with Crippen molar-refractivity contribution in [2.24, 2.45) is 0 Å². The van der Waals surface area contributed by atoms with Gasteiger partial charge in [0.2, 0.25) is 5.88 Å². The standard InChI is InChI=1S/C22H30N4O2/c1-6-13-25(14-7-2)22-16(4)21(24-20-11-12-23-26(20)22)28-18-10-9-17(8-3)15-19(18)27-5/h9-12,15H,6-8,13-14H2,1-5H3. The Hall–Kier alpha value is -2.76. The number of anilines is 1. The van der Waals surface area contributed by atoms with Gasteiger partial charge in [-0.2, -0.15) is 14.6 Å². The molecule has 0 saturated heterocycles. The summed E-state index contributed by atoms with van der Waals surface area (Å²) in [5, 5.41) is 4.50. The molecule has 0 atom stereocenters. The maximum atomic E-state index is 6.25. The maximum Gasteiger partial charge on any atom is 0.228 e. The Kier molecular flexibility index (Phi) is 6.39. The van der Waals surface area contributed by atoms with Crippen LogP contribution in [0.25, 0.3) is 5.65 Å². The Morgan fingerprint density at radius 2 is 1.79 bits per heavy atom. The number of methoxy groups -OCH3 is 1. The van der Waals surface area contributed by atoms with E-state index in [0.29, 0.717) is 11.6 Å². The SMILES string of the molecule is CCCN(CCC)c1c(C)c(Oc2ccc(CC)cc2OC)nc2ccnn12. The van der Waals surface area contributed by atoms with Crippen LogP contribution in [0.15, 0.2) is 30.5 Å². The first-order valence-corrected chi connectivity index (χ1v) is 10.1. The molecule has 2 heterocycles. The number of nitrogens with zero attached hydrogens (tertiary/aromatic N) is 4. The summed E-state index contributed by atoms with van der Waals surface area (Å²) in [6.45, 7) is 10.5. The van der Waals surface area contributed by atoms with E-state index in [4.69, 9.17) is 14.5 Å². The summed E-state index contributed by atoms with van der Waals surface area (Å²) in [6.07, 6.45) is 4.85. The summed E-state index contributed by atoms with van der Waals surface area (Å²) in [5.74, 6) is 3.01. The third-order valence-corrected chi connectivity index (χ3v) is 4.83. The lowest BCUT2D eigenvalue weighted by Crippen LogP contribution is -2.28. The lowest BCUT2D eigenvalue weighted by molar-refractivity contribution is 0.372. The van der Waals surface area contributed by atoms with Crippen molar-refractivity contribution in [3.8, 4) is 17.4 Å². The zero-order chi connectivity index (χ0) is 20.1. The van der Waals surface area contributed by atoms with Crippen LogP contribution in [0.5, 0.6) is 17.4 Å². The molecule has 0 N–H and O–H groups in total. The molecule has 0 spiro atoms. The third kappa shape index (κ3) is 3.91. The average molecular weight is 383 g/mol. The van der Waals surface area contributed by atoms with E-state index in [9.17, 15) is 0 Å². The minimum atomic E-state index is 0.586. The zero-order valence-electron chi connectivity index (χ0n) is 17.5. The van der Waals surface area contributed by atoms with Crippen LogP contribution < -0.4 is 14.4 Å². The van der Waals surface area contributed by atoms with Crippen molar-refractivity contribution in [2.75, 3.05) is 25.1 Å². The second-order valence-electron chi connectivity index (χ2n) is 6.89. The van der Waals surface area contributed by atoms with Crippen LogP contribution in [0.2, 0.25) is 0 Å². The van der Waals surface area contributed by atoms with Crippen molar-refractivity contribution in [3.63, 3.8) is 0 Å². The molecule has 0 radical (unpaired) electrons. The van der Waals surface area contributed by atoms with E-state index < -0.39 is 0 Å². The van der Waals surface area contributed by atoms with E-state index in [0.717, 1.165) is 55.1 Å². The van der Waals surface area contributed by atoms with E-state index in [1.165, 1.54) is 5.56 Å². The number of aromatic nitrogens is 3. The highest BCUT2D eigenvalue weighted by atomic mass is 16.5. The van der Waals surface area contributed by atoms with Gasteiger partial charge < -0.3 is 14.4 Å². The van der Waals surface area contributed by atoms with E-state index in [2.05, 4.69) is 36.8 Å². The van der Waals surface area contributed by atoms with Crippen LogP contribution in [0.3, 0.4) is 0 Å². The molecule has 0 aliphatic heterocycles. The van der Waals surface area contributed by atoms with Crippen molar-refractivity contribution >= 4 is 11.5 Å². The summed E-state index contributed by atoms with van der Waals surface area (Å²) in [7, 11) is 1.66. The first-order valence-electron chi connectivity index (χ1n) is 10.1. The molecule has 3 aromatic rings. The molecule has 3 rings (SSSR count). The van der Waals surface area contributed by atoms with Crippen LogP contribution in [-0.4, -0.2) is 34.8 Å². The molecule has 0 fully saturated rings. The van der Waals surface area contributed by atoms with Crippen molar-refractivity contribution in [3.05, 3.63) is 41.6 Å². The van der Waals surface area contributed by atoms with Gasteiger partial charge in [0.15, 0.2) is 17.1 Å². The van der Waals surface area contributed by atoms with Crippen LogP contribution >= 0.6 is 0 Å². The summed E-state index contributed by atoms with van der Waals surface area (Å²) in [4.78, 5) is 7.07. The molecule has 0 aliphatic carbocycles. The summed E-state index contributed by atoms with van der Waals surface area (Å²) in [6, 6.07) is 7.94. The van der Waals surface area contributed by atoms with E-state index in [1.807, 2.05) is 29.6 Å². The van der Waals surface area contributed by atoms with Crippen molar-refractivity contribution in [1.82, 2.24) is 14.6 Å². The quantitative estimate of drug-likeness (QED) is 0.520. The fourth-order valence-corrected chi connectivity index (χ4v) is 3.44. The first kappa shape index (κ1) is 20.0. The number of hydrogen-bond donors (Lipinski definition) is 0. The minimum absolute atomic E-state index is 0.586. The Labute approximate surface area is 167 Å². The van der Waals surface area contributed by atoms with Gasteiger partial charge in [-0.25, -0.2) is 0 Å². The van der Waals surface area contributed by atoms with Crippen LogP contribution in [-0.2, 0) is 6.42 Å². The van der Waals surface area contributed by atoms with Crippen LogP contribution in [0.4, 0.5) is 5.82 Å². The highest BCUT2D eigenvalue weighted by molar-refractivity contribution is 5.59. The molecule has 1 aromatic carbocycles. The van der Waals surface area contributed by atoms with Gasteiger partial charge in [0.1, 0.15) is 5.82 Å². The zero-order valence-corrected chi connectivity index (χ0v) is 17.5. The molecule has 0 aliphatic rings. The number of hydrogen-bond acceptors (Lipinski definition) is 5. The topological polar surface area (TPSA) is 51.9 Å². The number of ether oxygens (including phenoxy) is 2. The van der Waals surface area contributed by atoms with E-state index in [1.54, 1.807) is 13.3 Å². The molecule has 0 saturated carbocycles. The van der Waals surface area contributed by atoms with Gasteiger partial charge in [-0.3, -0.25) is 0 Å². The first-order chi connectivity index (χ1) is 13.6. The largest absolute Gasteiger partial charge is 0.493 e. The highest BCUT2D eigenvalue weighted by Crippen LogP contribution is 2.36. The maximum absolute atomic E-state index is 6.25. The Morgan fingerprint density at radius 1 is 1.04 bits per heavy atom. The Morgan fingerprint density at radius 3 is 2.43 bits per heavy atom. The average Bonchev–Trinajstić information content (AvgIpc) is 3.16. The number of aryl methyl sites for hydroxylation is 1. The van der Waals surface area contributed by atoms with Gasteiger partial charge in [-0.05, 0) is 43.9 Å². The Balaban J connectivity index is 2.08. The normalized spacial score (nSPS) is 11.0. The second kappa shape index (κ2) is 8.95. The molecular weight excluding hydrogens is 352 g/mol. The Bertz CT molecular complexity index is 930. The second-order valence-corrected chi connectivity index (χ2v) is 6.89. The molecule has 6 heteroatoms. The molecule has 0 bridgehead atoms. The highest BCUT2D eigenvalue weighted by Gasteiger charge is 2.20. The van der Waals surface area contributed by atoms with Crippen LogP contribution in [0.1, 0.15) is 44.7 Å². The lowest BCUT2D eigenvalue weighted by atomic mass is 10.1. The summed E-state index contributed by atoms with van der Waals surface area (Å²) >= 11 is 0. The van der Waals surface area contributed by atoms with Gasteiger partial charge in [0.25, 0.3) is 0 Å². The number of benzene rings is 1. The van der Waals surface area contributed by atoms with Gasteiger partial charge >= 0.3 is 0 Å². The van der Waals surface area contributed by atoms with Gasteiger partial charge in [-0.1, -0.05) is 26.8 Å². The van der Waals surface area contributed by atoms with Gasteiger partial charge in [0, 0.05) is 19.2 Å². The fraction of sp³-hybridized carbons (Fsp3) is 0.455. The van der Waals surface area contributed by atoms with E-state index >= 15 is 0 Å². The van der Waals surface area contributed by atoms with Gasteiger partial charge in [-0.15, -0.1) is 0 Å². The predicted octanol–water partition coefficient (Wildman–Crippen LogP) is 5.03. The lowest BCUT2D eigenvalue weighted by Gasteiger charge is -2.26. The molecule has 0 unspecified atom stereocenters. The molecular formula is C22H30N4O2. The van der Waals surface area contributed by atoms with E-state index in [-0.39, 0.29) is 0 Å². The number of rotatable bonds is 9. The monoisotopic (exact) mass is 382 g/mol. The van der Waals surface area contributed by atoms with Crippen molar-refractivity contribution in [1.29, 1.82) is 0 Å². The molecule has 2 aromatic heterocycles. The fourth-order valence-electron chi connectivity index (χ4n) is 3.44. The third-order valence-electron chi connectivity index (χ3n) is 4.83. The molecule has 28 heavy (non-hydrogen) atoms.